The van der Waals surface area contributed by atoms with Crippen LogP contribution in [0, 0.1) is 11.3 Å². The number of likely N-dealkylation sites (tertiary alicyclic amines) is 1. The lowest BCUT2D eigenvalue weighted by molar-refractivity contribution is 0.00337. The third-order valence-corrected chi connectivity index (χ3v) is 4.11. The second-order valence-corrected chi connectivity index (χ2v) is 5.31. The summed E-state index contributed by atoms with van der Waals surface area (Å²) in [6, 6.07) is 0. The van der Waals surface area contributed by atoms with Gasteiger partial charge in [0.15, 0.2) is 0 Å². The van der Waals surface area contributed by atoms with Crippen LogP contribution in [-0.2, 0) is 0 Å². The third-order valence-electron chi connectivity index (χ3n) is 4.11. The number of aliphatic hydroxyl groups is 1. The van der Waals surface area contributed by atoms with Crippen LogP contribution in [0.5, 0.6) is 0 Å². The summed E-state index contributed by atoms with van der Waals surface area (Å²) >= 11 is 0. The zero-order chi connectivity index (χ0) is 10.2. The Kier molecular flexibility index (Phi) is 2.85. The van der Waals surface area contributed by atoms with Gasteiger partial charge in [-0.1, -0.05) is 26.7 Å². The van der Waals surface area contributed by atoms with E-state index in [2.05, 4.69) is 18.7 Å². The molecule has 2 nitrogen and oxygen atoms in total. The van der Waals surface area contributed by atoms with Crippen molar-refractivity contribution < 1.29 is 5.11 Å². The minimum atomic E-state index is -0.0962. The first kappa shape index (κ1) is 10.4. The molecule has 2 fully saturated rings. The first-order valence-corrected chi connectivity index (χ1v) is 6.09. The molecule has 1 unspecified atom stereocenters. The Labute approximate surface area is 87.3 Å². The average Bonchev–Trinajstić information content (AvgIpc) is 2.86. The molecule has 0 aromatic rings. The van der Waals surface area contributed by atoms with E-state index in [-0.39, 0.29) is 6.10 Å². The molecular formula is C12H23NO. The summed E-state index contributed by atoms with van der Waals surface area (Å²) in [5.74, 6) is 0.505. The van der Waals surface area contributed by atoms with Gasteiger partial charge >= 0.3 is 0 Å². The van der Waals surface area contributed by atoms with Gasteiger partial charge in [-0.05, 0) is 24.2 Å². The van der Waals surface area contributed by atoms with Gasteiger partial charge < -0.3 is 5.11 Å². The van der Waals surface area contributed by atoms with Crippen molar-refractivity contribution >= 4 is 0 Å². The van der Waals surface area contributed by atoms with Crippen LogP contribution in [-0.4, -0.2) is 35.7 Å². The molecule has 1 spiro atoms. The lowest BCUT2D eigenvalue weighted by atomic mass is 9.92. The number of rotatable bonds is 5. The SMILES string of the molecule is CCC(CC)C(O)CN1CC2(CC2)C1. The van der Waals surface area contributed by atoms with Crippen molar-refractivity contribution in [1.29, 1.82) is 0 Å². The molecule has 14 heavy (non-hydrogen) atoms. The molecule has 1 saturated heterocycles. The second-order valence-electron chi connectivity index (χ2n) is 5.31. The molecular weight excluding hydrogens is 174 g/mol. The average molecular weight is 197 g/mol. The smallest absolute Gasteiger partial charge is 0.0695 e. The summed E-state index contributed by atoms with van der Waals surface area (Å²) in [5.41, 5.74) is 0.730. The van der Waals surface area contributed by atoms with Crippen LogP contribution in [0.15, 0.2) is 0 Å². The highest BCUT2D eigenvalue weighted by Crippen LogP contribution is 2.52. The maximum atomic E-state index is 9.99. The molecule has 0 aromatic carbocycles. The van der Waals surface area contributed by atoms with Gasteiger partial charge in [0.25, 0.3) is 0 Å². The highest BCUT2D eigenvalue weighted by Gasteiger charge is 2.52. The molecule has 1 atom stereocenters. The van der Waals surface area contributed by atoms with Crippen molar-refractivity contribution in [2.24, 2.45) is 11.3 Å². The molecule has 1 aliphatic carbocycles. The minimum absolute atomic E-state index is 0.0962. The van der Waals surface area contributed by atoms with E-state index in [0.717, 1.165) is 24.8 Å². The summed E-state index contributed by atoms with van der Waals surface area (Å²) in [5, 5.41) is 9.99. The van der Waals surface area contributed by atoms with Crippen LogP contribution in [0.4, 0.5) is 0 Å². The molecule has 1 aliphatic heterocycles. The predicted molar refractivity (Wildman–Crippen MR) is 58.2 cm³/mol. The zero-order valence-electron chi connectivity index (χ0n) is 9.50. The normalized spacial score (nSPS) is 26.6. The van der Waals surface area contributed by atoms with Crippen LogP contribution in [0.3, 0.4) is 0 Å². The van der Waals surface area contributed by atoms with Gasteiger partial charge in [-0.15, -0.1) is 0 Å². The fourth-order valence-electron chi connectivity index (χ4n) is 2.77. The van der Waals surface area contributed by atoms with Gasteiger partial charge in [0, 0.05) is 19.6 Å². The molecule has 1 heterocycles. The Morgan fingerprint density at radius 1 is 1.21 bits per heavy atom. The standard InChI is InChI=1S/C12H23NO/c1-3-10(4-2)11(14)7-13-8-12(9-13)5-6-12/h10-11,14H,3-9H2,1-2H3. The van der Waals surface area contributed by atoms with Crippen molar-refractivity contribution in [2.45, 2.75) is 45.6 Å². The van der Waals surface area contributed by atoms with E-state index in [4.69, 9.17) is 0 Å². The molecule has 82 valence electrons. The minimum Gasteiger partial charge on any atom is -0.392 e. The van der Waals surface area contributed by atoms with E-state index < -0.39 is 0 Å². The topological polar surface area (TPSA) is 23.5 Å². The van der Waals surface area contributed by atoms with E-state index in [1.165, 1.54) is 25.9 Å². The van der Waals surface area contributed by atoms with E-state index >= 15 is 0 Å². The van der Waals surface area contributed by atoms with Crippen molar-refractivity contribution in [1.82, 2.24) is 4.90 Å². The monoisotopic (exact) mass is 197 g/mol. The van der Waals surface area contributed by atoms with Crippen molar-refractivity contribution in [3.63, 3.8) is 0 Å². The van der Waals surface area contributed by atoms with E-state index in [1.54, 1.807) is 0 Å². The summed E-state index contributed by atoms with van der Waals surface area (Å²) in [4.78, 5) is 2.43. The fourth-order valence-corrected chi connectivity index (χ4v) is 2.77. The molecule has 0 bridgehead atoms. The van der Waals surface area contributed by atoms with Gasteiger partial charge in [0.05, 0.1) is 6.10 Å². The Bertz CT molecular complexity index is 188. The number of aliphatic hydroxyl groups excluding tert-OH is 1. The van der Waals surface area contributed by atoms with Crippen LogP contribution >= 0.6 is 0 Å². The lowest BCUT2D eigenvalue weighted by Gasteiger charge is -2.42. The van der Waals surface area contributed by atoms with Crippen LogP contribution in [0.25, 0.3) is 0 Å². The van der Waals surface area contributed by atoms with Gasteiger partial charge in [0.2, 0.25) is 0 Å². The molecule has 0 aromatic heterocycles. The molecule has 1 saturated carbocycles. The summed E-state index contributed by atoms with van der Waals surface area (Å²) in [6.07, 6.45) is 4.99. The van der Waals surface area contributed by atoms with Crippen molar-refractivity contribution in [3.05, 3.63) is 0 Å². The van der Waals surface area contributed by atoms with Gasteiger partial charge in [-0.3, -0.25) is 4.90 Å². The molecule has 0 amide bonds. The summed E-state index contributed by atoms with van der Waals surface area (Å²) in [6.45, 7) is 7.77. The largest absolute Gasteiger partial charge is 0.392 e. The molecule has 2 heteroatoms. The number of β-amino-alcohol motifs (C(OH)–C–C–N with tert-alkyl or cyclic N) is 1. The van der Waals surface area contributed by atoms with Crippen molar-refractivity contribution in [2.75, 3.05) is 19.6 Å². The fraction of sp³-hybridized carbons (Fsp3) is 1.00. The highest BCUT2D eigenvalue weighted by molar-refractivity contribution is 5.05. The molecule has 2 aliphatic rings. The highest BCUT2D eigenvalue weighted by atomic mass is 16.3. The van der Waals surface area contributed by atoms with Crippen LogP contribution < -0.4 is 0 Å². The molecule has 1 N–H and O–H groups in total. The van der Waals surface area contributed by atoms with Crippen molar-refractivity contribution in [3.8, 4) is 0 Å². The maximum Gasteiger partial charge on any atom is 0.0695 e. The van der Waals surface area contributed by atoms with Gasteiger partial charge in [-0.2, -0.15) is 0 Å². The van der Waals surface area contributed by atoms with Gasteiger partial charge in [-0.25, -0.2) is 0 Å². The zero-order valence-corrected chi connectivity index (χ0v) is 9.50. The Balaban J connectivity index is 1.69. The van der Waals surface area contributed by atoms with Crippen LogP contribution in [0.2, 0.25) is 0 Å². The number of nitrogens with zero attached hydrogens (tertiary/aromatic N) is 1. The van der Waals surface area contributed by atoms with E-state index in [9.17, 15) is 5.11 Å². The Hall–Kier alpha value is -0.0800. The third kappa shape index (κ3) is 1.96. The number of hydrogen-bond acceptors (Lipinski definition) is 2. The summed E-state index contributed by atoms with van der Waals surface area (Å²) in [7, 11) is 0. The first-order valence-electron chi connectivity index (χ1n) is 6.09. The Morgan fingerprint density at radius 3 is 2.21 bits per heavy atom. The quantitative estimate of drug-likeness (QED) is 0.727. The van der Waals surface area contributed by atoms with E-state index in [0.29, 0.717) is 5.92 Å². The summed E-state index contributed by atoms with van der Waals surface area (Å²) < 4.78 is 0. The van der Waals surface area contributed by atoms with Gasteiger partial charge in [0.1, 0.15) is 0 Å². The first-order chi connectivity index (χ1) is 6.69. The molecule has 2 rings (SSSR count). The lowest BCUT2D eigenvalue weighted by Crippen LogP contribution is -2.52. The van der Waals surface area contributed by atoms with Crippen LogP contribution in [0.1, 0.15) is 39.5 Å². The van der Waals surface area contributed by atoms with E-state index in [1.807, 2.05) is 0 Å². The number of hydrogen-bond donors (Lipinski definition) is 1. The predicted octanol–water partition coefficient (Wildman–Crippen LogP) is 1.88. The molecule has 0 radical (unpaired) electrons. The second kappa shape index (κ2) is 3.82. The Morgan fingerprint density at radius 2 is 1.79 bits per heavy atom. The maximum absolute atomic E-state index is 9.99.